The van der Waals surface area contributed by atoms with Gasteiger partial charge in [-0.3, -0.25) is 4.79 Å². The third-order valence-electron chi connectivity index (χ3n) is 4.23. The number of hydrogen-bond donors (Lipinski definition) is 3. The summed E-state index contributed by atoms with van der Waals surface area (Å²) in [5, 5.41) is 15.4. The molecule has 1 aliphatic heterocycles. The lowest BCUT2D eigenvalue weighted by Gasteiger charge is -2.41. The molecule has 0 radical (unpaired) electrons. The summed E-state index contributed by atoms with van der Waals surface area (Å²) in [6.45, 7) is 3.54. The van der Waals surface area contributed by atoms with E-state index in [0.29, 0.717) is 18.4 Å². The van der Waals surface area contributed by atoms with Crippen molar-refractivity contribution in [2.24, 2.45) is 5.41 Å². The first kappa shape index (κ1) is 14.7. The van der Waals surface area contributed by atoms with E-state index < -0.39 is 0 Å². The highest BCUT2D eigenvalue weighted by Gasteiger charge is 2.36. The molecule has 1 heterocycles. The van der Waals surface area contributed by atoms with Crippen LogP contribution in [0.4, 0.5) is 0 Å². The van der Waals surface area contributed by atoms with E-state index in [9.17, 15) is 9.90 Å². The summed E-state index contributed by atoms with van der Waals surface area (Å²) in [5.41, 5.74) is 0.368. The Balaban J connectivity index is 0.00000144. The fourth-order valence-corrected chi connectivity index (χ4v) is 2.65. The van der Waals surface area contributed by atoms with Gasteiger partial charge < -0.3 is 15.7 Å². The van der Waals surface area contributed by atoms with E-state index >= 15 is 0 Å². The zero-order chi connectivity index (χ0) is 11.6. The Labute approximate surface area is 109 Å². The predicted octanol–water partition coefficient (Wildman–Crippen LogP) is 0.827. The first-order valence-corrected chi connectivity index (χ1v) is 6.34. The highest BCUT2D eigenvalue weighted by molar-refractivity contribution is 5.85. The van der Waals surface area contributed by atoms with Crippen LogP contribution in [0.3, 0.4) is 0 Å². The van der Waals surface area contributed by atoms with Crippen molar-refractivity contribution < 1.29 is 9.90 Å². The van der Waals surface area contributed by atoms with Gasteiger partial charge in [-0.15, -0.1) is 12.4 Å². The second kappa shape index (κ2) is 6.03. The normalized spacial score (nSPS) is 30.2. The molecule has 1 aliphatic carbocycles. The molecule has 0 aromatic carbocycles. The first-order valence-electron chi connectivity index (χ1n) is 6.34. The van der Waals surface area contributed by atoms with Gasteiger partial charge in [0.25, 0.3) is 0 Å². The second-order valence-corrected chi connectivity index (χ2v) is 5.28. The Kier molecular flexibility index (Phi) is 5.22. The average Bonchev–Trinajstić information content (AvgIpc) is 2.64. The first-order chi connectivity index (χ1) is 7.65. The maximum Gasteiger partial charge on any atom is 0.237 e. The monoisotopic (exact) mass is 262 g/mol. The molecule has 2 atom stereocenters. The van der Waals surface area contributed by atoms with Crippen molar-refractivity contribution in [3.8, 4) is 0 Å². The van der Waals surface area contributed by atoms with Crippen LogP contribution in [-0.2, 0) is 4.79 Å². The standard InChI is InChI=1S/C12H22N2O2.ClH/c1-2-12(4-3-5-12)8-14-11(16)10-6-9(15)7-13-10;/h9-10,13,15H,2-8H2,1H3,(H,14,16);1H. The molecule has 100 valence electrons. The molecular weight excluding hydrogens is 240 g/mol. The minimum Gasteiger partial charge on any atom is -0.392 e. The number of β-amino-alcohol motifs (C(OH)–C–C–N with tert-alkyl or cyclic N) is 1. The Morgan fingerprint density at radius 3 is 2.65 bits per heavy atom. The molecular formula is C12H23ClN2O2. The van der Waals surface area contributed by atoms with Crippen LogP contribution in [0, 0.1) is 5.41 Å². The van der Waals surface area contributed by atoms with Crippen molar-refractivity contribution in [1.82, 2.24) is 10.6 Å². The molecule has 1 saturated carbocycles. The van der Waals surface area contributed by atoms with Crippen LogP contribution in [-0.4, -0.2) is 36.2 Å². The van der Waals surface area contributed by atoms with Gasteiger partial charge in [-0.2, -0.15) is 0 Å². The second-order valence-electron chi connectivity index (χ2n) is 5.28. The number of aliphatic hydroxyl groups excluding tert-OH is 1. The molecule has 17 heavy (non-hydrogen) atoms. The van der Waals surface area contributed by atoms with Crippen molar-refractivity contribution in [2.75, 3.05) is 13.1 Å². The Hall–Kier alpha value is -0.320. The zero-order valence-corrected chi connectivity index (χ0v) is 11.2. The number of carbonyl (C=O) groups is 1. The number of halogens is 1. The minimum absolute atomic E-state index is 0. The van der Waals surface area contributed by atoms with E-state index in [4.69, 9.17) is 0 Å². The van der Waals surface area contributed by atoms with Crippen molar-refractivity contribution in [2.45, 2.75) is 51.2 Å². The third-order valence-corrected chi connectivity index (χ3v) is 4.23. The molecule has 0 bridgehead atoms. The number of rotatable bonds is 4. The minimum atomic E-state index is -0.361. The number of aliphatic hydroxyl groups is 1. The fourth-order valence-electron chi connectivity index (χ4n) is 2.65. The average molecular weight is 263 g/mol. The number of nitrogens with one attached hydrogen (secondary N) is 2. The van der Waals surface area contributed by atoms with E-state index in [-0.39, 0.29) is 30.5 Å². The van der Waals surface area contributed by atoms with E-state index in [1.54, 1.807) is 0 Å². The van der Waals surface area contributed by atoms with E-state index in [0.717, 1.165) is 13.0 Å². The lowest BCUT2D eigenvalue weighted by Crippen LogP contribution is -2.47. The van der Waals surface area contributed by atoms with Crippen LogP contribution in [0.15, 0.2) is 0 Å². The van der Waals surface area contributed by atoms with E-state index in [1.165, 1.54) is 19.3 Å². The molecule has 1 saturated heterocycles. The fraction of sp³-hybridized carbons (Fsp3) is 0.917. The predicted molar refractivity (Wildman–Crippen MR) is 69.2 cm³/mol. The summed E-state index contributed by atoms with van der Waals surface area (Å²) >= 11 is 0. The van der Waals surface area contributed by atoms with Gasteiger partial charge in [-0.05, 0) is 31.1 Å². The molecule has 3 N–H and O–H groups in total. The quantitative estimate of drug-likeness (QED) is 0.703. The van der Waals surface area contributed by atoms with Crippen LogP contribution in [0.5, 0.6) is 0 Å². The largest absolute Gasteiger partial charge is 0.392 e. The topological polar surface area (TPSA) is 61.4 Å². The molecule has 0 spiro atoms. The van der Waals surface area contributed by atoms with Crippen LogP contribution in [0.2, 0.25) is 0 Å². The summed E-state index contributed by atoms with van der Waals surface area (Å²) in [6.07, 6.45) is 5.11. The summed E-state index contributed by atoms with van der Waals surface area (Å²) in [6, 6.07) is -0.191. The summed E-state index contributed by atoms with van der Waals surface area (Å²) in [4.78, 5) is 11.8. The SMILES string of the molecule is CCC1(CNC(=O)C2CC(O)CN2)CCC1.Cl. The van der Waals surface area contributed by atoms with Crippen molar-refractivity contribution in [1.29, 1.82) is 0 Å². The zero-order valence-electron chi connectivity index (χ0n) is 10.4. The highest BCUT2D eigenvalue weighted by Crippen LogP contribution is 2.43. The van der Waals surface area contributed by atoms with E-state index in [2.05, 4.69) is 17.6 Å². The molecule has 2 aliphatic rings. The molecule has 0 aromatic rings. The van der Waals surface area contributed by atoms with Gasteiger partial charge in [0.2, 0.25) is 5.91 Å². The van der Waals surface area contributed by atoms with Crippen LogP contribution in [0.25, 0.3) is 0 Å². The molecule has 2 unspecified atom stereocenters. The third kappa shape index (κ3) is 3.33. The van der Waals surface area contributed by atoms with E-state index in [1.807, 2.05) is 0 Å². The maximum atomic E-state index is 11.8. The molecule has 0 aromatic heterocycles. The molecule has 2 rings (SSSR count). The van der Waals surface area contributed by atoms with Gasteiger partial charge in [0, 0.05) is 13.1 Å². The molecule has 1 amide bonds. The van der Waals surface area contributed by atoms with Gasteiger partial charge >= 0.3 is 0 Å². The van der Waals surface area contributed by atoms with Gasteiger partial charge in [-0.25, -0.2) is 0 Å². The smallest absolute Gasteiger partial charge is 0.237 e. The lowest BCUT2D eigenvalue weighted by atomic mass is 9.67. The number of hydrogen-bond acceptors (Lipinski definition) is 3. The van der Waals surface area contributed by atoms with Gasteiger partial charge in [-0.1, -0.05) is 13.3 Å². The highest BCUT2D eigenvalue weighted by atomic mass is 35.5. The maximum absolute atomic E-state index is 11.8. The van der Waals surface area contributed by atoms with Crippen molar-refractivity contribution in [3.05, 3.63) is 0 Å². The summed E-state index contributed by atoms with van der Waals surface area (Å²) in [5.74, 6) is 0.0521. The summed E-state index contributed by atoms with van der Waals surface area (Å²) < 4.78 is 0. The number of amides is 1. The van der Waals surface area contributed by atoms with Crippen LogP contribution < -0.4 is 10.6 Å². The van der Waals surface area contributed by atoms with Crippen molar-refractivity contribution in [3.63, 3.8) is 0 Å². The van der Waals surface area contributed by atoms with Crippen LogP contribution in [0.1, 0.15) is 39.0 Å². The number of carbonyl (C=O) groups excluding carboxylic acids is 1. The lowest BCUT2D eigenvalue weighted by molar-refractivity contribution is -0.123. The molecule has 5 heteroatoms. The Bertz CT molecular complexity index is 264. The Morgan fingerprint density at radius 2 is 2.24 bits per heavy atom. The van der Waals surface area contributed by atoms with Gasteiger partial charge in [0.15, 0.2) is 0 Å². The van der Waals surface area contributed by atoms with Crippen molar-refractivity contribution >= 4 is 18.3 Å². The molecule has 4 nitrogen and oxygen atoms in total. The Morgan fingerprint density at radius 1 is 1.53 bits per heavy atom. The summed E-state index contributed by atoms with van der Waals surface area (Å²) in [7, 11) is 0. The van der Waals surface area contributed by atoms with Gasteiger partial charge in [0.1, 0.15) is 0 Å². The molecule has 2 fully saturated rings. The van der Waals surface area contributed by atoms with Gasteiger partial charge in [0.05, 0.1) is 12.1 Å². The van der Waals surface area contributed by atoms with Crippen LogP contribution >= 0.6 is 12.4 Å².